The molecule has 0 aromatic heterocycles. The van der Waals surface area contributed by atoms with Crippen molar-refractivity contribution in [2.75, 3.05) is 20.8 Å². The molecule has 0 aliphatic carbocycles. The highest BCUT2D eigenvalue weighted by Gasteiger charge is 2.11. The number of carbonyl (C=O) groups is 1. The van der Waals surface area contributed by atoms with Crippen LogP contribution < -0.4 is 10.1 Å². The fourth-order valence-corrected chi connectivity index (χ4v) is 1.39. The van der Waals surface area contributed by atoms with Gasteiger partial charge in [0.1, 0.15) is 5.75 Å². The van der Waals surface area contributed by atoms with Gasteiger partial charge in [-0.15, -0.1) is 0 Å². The van der Waals surface area contributed by atoms with Crippen LogP contribution in [0.25, 0.3) is 0 Å². The second kappa shape index (κ2) is 6.55. The van der Waals surface area contributed by atoms with Gasteiger partial charge in [-0.2, -0.15) is 0 Å². The first-order valence-corrected chi connectivity index (χ1v) is 5.17. The Morgan fingerprint density at radius 1 is 1.44 bits per heavy atom. The van der Waals surface area contributed by atoms with Crippen LogP contribution in [-0.4, -0.2) is 31.7 Å². The maximum absolute atomic E-state index is 10.9. The molecule has 1 rings (SSSR count). The summed E-state index contributed by atoms with van der Waals surface area (Å²) >= 11 is 0. The summed E-state index contributed by atoms with van der Waals surface area (Å²) in [6.45, 7) is 0.308. The molecule has 0 atom stereocenters. The molecule has 0 aliphatic heterocycles. The molecule has 0 heterocycles. The van der Waals surface area contributed by atoms with E-state index < -0.39 is 10.9 Å². The molecule has 0 amide bonds. The molecule has 98 valence electrons. The molecule has 0 saturated carbocycles. The van der Waals surface area contributed by atoms with E-state index in [9.17, 15) is 14.9 Å². The Labute approximate surface area is 104 Å². The number of nitrogens with one attached hydrogen (secondary N) is 1. The standard InChI is InChI=1S/C11H14N2O5/c1-17-10-4-3-9(13(15)16)5-8(10)6-12-7-11(14)18-2/h3-5,12H,6-7H2,1-2H3. The van der Waals surface area contributed by atoms with Crippen LogP contribution in [0.4, 0.5) is 5.69 Å². The second-order valence-electron chi connectivity index (χ2n) is 3.43. The number of rotatable bonds is 6. The summed E-state index contributed by atoms with van der Waals surface area (Å²) < 4.78 is 9.55. The van der Waals surface area contributed by atoms with Crippen LogP contribution in [0.3, 0.4) is 0 Å². The first-order valence-electron chi connectivity index (χ1n) is 5.17. The lowest BCUT2D eigenvalue weighted by atomic mass is 10.1. The van der Waals surface area contributed by atoms with Crippen molar-refractivity contribution in [3.05, 3.63) is 33.9 Å². The predicted molar refractivity (Wildman–Crippen MR) is 63.4 cm³/mol. The molecule has 0 unspecified atom stereocenters. The molecule has 0 fully saturated rings. The molecule has 0 saturated heterocycles. The third-order valence-corrected chi connectivity index (χ3v) is 2.29. The maximum atomic E-state index is 10.9. The van der Waals surface area contributed by atoms with Crippen LogP contribution in [0.15, 0.2) is 18.2 Å². The van der Waals surface area contributed by atoms with Gasteiger partial charge in [0, 0.05) is 24.2 Å². The summed E-state index contributed by atoms with van der Waals surface area (Å²) in [4.78, 5) is 21.1. The molecule has 7 heteroatoms. The van der Waals surface area contributed by atoms with Crippen molar-refractivity contribution in [2.24, 2.45) is 0 Å². The van der Waals surface area contributed by atoms with E-state index in [0.29, 0.717) is 11.3 Å². The molecule has 1 aromatic rings. The molecular weight excluding hydrogens is 240 g/mol. The van der Waals surface area contributed by atoms with E-state index in [-0.39, 0.29) is 18.8 Å². The Hall–Kier alpha value is -2.15. The predicted octanol–water partition coefficient (Wildman–Crippen LogP) is 0.866. The third kappa shape index (κ3) is 3.70. The van der Waals surface area contributed by atoms with Gasteiger partial charge in [0.05, 0.1) is 25.7 Å². The average molecular weight is 254 g/mol. The van der Waals surface area contributed by atoms with Crippen LogP contribution in [0, 0.1) is 10.1 Å². The Kier molecular flexibility index (Phi) is 5.06. The van der Waals surface area contributed by atoms with Crippen LogP contribution in [0.5, 0.6) is 5.75 Å². The van der Waals surface area contributed by atoms with E-state index in [1.165, 1.54) is 32.4 Å². The van der Waals surface area contributed by atoms with Crippen molar-refractivity contribution in [2.45, 2.75) is 6.54 Å². The van der Waals surface area contributed by atoms with Gasteiger partial charge < -0.3 is 14.8 Å². The van der Waals surface area contributed by atoms with Crippen molar-refractivity contribution in [1.29, 1.82) is 0 Å². The van der Waals surface area contributed by atoms with Crippen molar-refractivity contribution >= 4 is 11.7 Å². The summed E-state index contributed by atoms with van der Waals surface area (Å²) in [5, 5.41) is 13.5. The largest absolute Gasteiger partial charge is 0.496 e. The lowest BCUT2D eigenvalue weighted by Crippen LogP contribution is -2.23. The minimum absolute atomic E-state index is 0.0225. The van der Waals surface area contributed by atoms with Gasteiger partial charge in [-0.05, 0) is 6.07 Å². The number of esters is 1. The Morgan fingerprint density at radius 2 is 2.17 bits per heavy atom. The Balaban J connectivity index is 2.75. The number of non-ortho nitro benzene ring substituents is 1. The molecule has 0 aliphatic rings. The normalized spacial score (nSPS) is 9.89. The molecule has 1 N–H and O–H groups in total. The van der Waals surface area contributed by atoms with Crippen molar-refractivity contribution in [3.8, 4) is 5.75 Å². The smallest absolute Gasteiger partial charge is 0.319 e. The van der Waals surface area contributed by atoms with Crippen molar-refractivity contribution < 1.29 is 19.2 Å². The van der Waals surface area contributed by atoms with E-state index in [1.807, 2.05) is 0 Å². The van der Waals surface area contributed by atoms with Gasteiger partial charge in [-0.3, -0.25) is 14.9 Å². The number of methoxy groups -OCH3 is 2. The number of hydrogen-bond acceptors (Lipinski definition) is 6. The van der Waals surface area contributed by atoms with Crippen LogP contribution in [-0.2, 0) is 16.1 Å². The monoisotopic (exact) mass is 254 g/mol. The molecule has 0 spiro atoms. The third-order valence-electron chi connectivity index (χ3n) is 2.29. The Bertz CT molecular complexity index is 447. The number of carbonyl (C=O) groups excluding carboxylic acids is 1. The summed E-state index contributed by atoms with van der Waals surface area (Å²) in [6, 6.07) is 4.29. The fraction of sp³-hybridized carbons (Fsp3) is 0.364. The quantitative estimate of drug-likeness (QED) is 0.460. The topological polar surface area (TPSA) is 90.7 Å². The number of nitrogens with zero attached hydrogens (tertiary/aromatic N) is 1. The van der Waals surface area contributed by atoms with E-state index in [2.05, 4.69) is 10.1 Å². The summed E-state index contributed by atoms with van der Waals surface area (Å²) in [5.74, 6) is 0.123. The highest BCUT2D eigenvalue weighted by Crippen LogP contribution is 2.23. The second-order valence-corrected chi connectivity index (χ2v) is 3.43. The minimum Gasteiger partial charge on any atom is -0.496 e. The minimum atomic E-state index is -0.483. The van der Waals surface area contributed by atoms with Crippen molar-refractivity contribution in [3.63, 3.8) is 0 Å². The van der Waals surface area contributed by atoms with Gasteiger partial charge >= 0.3 is 5.97 Å². The summed E-state index contributed by atoms with van der Waals surface area (Å²) in [7, 11) is 2.77. The van der Waals surface area contributed by atoms with Crippen LogP contribution in [0.1, 0.15) is 5.56 Å². The van der Waals surface area contributed by atoms with Crippen LogP contribution >= 0.6 is 0 Å². The molecule has 7 nitrogen and oxygen atoms in total. The van der Waals surface area contributed by atoms with E-state index in [0.717, 1.165) is 0 Å². The van der Waals surface area contributed by atoms with E-state index in [1.54, 1.807) is 0 Å². The summed E-state index contributed by atoms with van der Waals surface area (Å²) in [6.07, 6.45) is 0. The Morgan fingerprint density at radius 3 is 2.72 bits per heavy atom. The molecular formula is C11H14N2O5. The van der Waals surface area contributed by atoms with Crippen molar-refractivity contribution in [1.82, 2.24) is 5.32 Å². The zero-order valence-corrected chi connectivity index (χ0v) is 10.1. The zero-order chi connectivity index (χ0) is 13.5. The van der Waals surface area contributed by atoms with E-state index >= 15 is 0 Å². The number of nitro groups is 1. The maximum Gasteiger partial charge on any atom is 0.319 e. The van der Waals surface area contributed by atoms with Gasteiger partial charge in [-0.1, -0.05) is 0 Å². The molecule has 18 heavy (non-hydrogen) atoms. The van der Waals surface area contributed by atoms with Gasteiger partial charge in [0.25, 0.3) is 5.69 Å². The first-order chi connectivity index (χ1) is 8.58. The number of nitro benzene ring substituents is 1. The highest BCUT2D eigenvalue weighted by atomic mass is 16.6. The first kappa shape index (κ1) is 13.9. The number of ether oxygens (including phenoxy) is 2. The molecule has 0 radical (unpaired) electrons. The highest BCUT2D eigenvalue weighted by molar-refractivity contribution is 5.71. The number of benzene rings is 1. The van der Waals surface area contributed by atoms with Gasteiger partial charge in [0.2, 0.25) is 0 Å². The lowest BCUT2D eigenvalue weighted by Gasteiger charge is -2.08. The number of hydrogen-bond donors (Lipinski definition) is 1. The SMILES string of the molecule is COC(=O)CNCc1cc([N+](=O)[O-])ccc1OC. The average Bonchev–Trinajstić information content (AvgIpc) is 2.38. The lowest BCUT2D eigenvalue weighted by molar-refractivity contribution is -0.384. The van der Waals surface area contributed by atoms with Crippen LogP contribution in [0.2, 0.25) is 0 Å². The van der Waals surface area contributed by atoms with Gasteiger partial charge in [-0.25, -0.2) is 0 Å². The van der Waals surface area contributed by atoms with E-state index in [4.69, 9.17) is 4.74 Å². The zero-order valence-electron chi connectivity index (χ0n) is 10.1. The summed E-state index contributed by atoms with van der Waals surface area (Å²) in [5.41, 5.74) is 0.585. The van der Waals surface area contributed by atoms with Gasteiger partial charge in [0.15, 0.2) is 0 Å². The fourth-order valence-electron chi connectivity index (χ4n) is 1.39. The molecule has 1 aromatic carbocycles. The molecule has 0 bridgehead atoms.